The van der Waals surface area contributed by atoms with Crippen molar-refractivity contribution in [2.75, 3.05) is 11.9 Å². The van der Waals surface area contributed by atoms with Crippen LogP contribution in [0.5, 0.6) is 5.75 Å². The van der Waals surface area contributed by atoms with Gasteiger partial charge in [-0.1, -0.05) is 36.4 Å². The van der Waals surface area contributed by atoms with E-state index in [4.69, 9.17) is 4.74 Å². The van der Waals surface area contributed by atoms with Crippen molar-refractivity contribution in [2.24, 2.45) is 0 Å². The number of hydrogen-bond donors (Lipinski definition) is 1. The minimum absolute atomic E-state index is 0.0125. The Labute approximate surface area is 146 Å². The van der Waals surface area contributed by atoms with Crippen LogP contribution in [-0.2, 0) is 4.79 Å². The first-order valence-corrected chi connectivity index (χ1v) is 8.43. The Kier molecular flexibility index (Phi) is 3.98. The van der Waals surface area contributed by atoms with Crippen molar-refractivity contribution in [2.45, 2.75) is 19.3 Å². The Morgan fingerprint density at radius 2 is 1.88 bits per heavy atom. The molecular weight excluding hydrogens is 314 g/mol. The number of para-hydroxylation sites is 2. The predicted octanol–water partition coefficient (Wildman–Crippen LogP) is 3.75. The largest absolute Gasteiger partial charge is 0.494 e. The van der Waals surface area contributed by atoms with Crippen LogP contribution < -0.4 is 10.1 Å². The SMILES string of the molecule is CCOc1ccccc1C1CC(=O)Nc2c1cnn2-c1ccccc1. The second-order valence-corrected chi connectivity index (χ2v) is 5.97. The molecular formula is C20H19N3O2. The van der Waals surface area contributed by atoms with Crippen LogP contribution in [0, 0.1) is 0 Å². The molecule has 4 rings (SSSR count). The molecule has 0 saturated carbocycles. The lowest BCUT2D eigenvalue weighted by atomic mass is 9.87. The zero-order chi connectivity index (χ0) is 17.2. The Bertz CT molecular complexity index is 902. The lowest BCUT2D eigenvalue weighted by Crippen LogP contribution is -2.24. The predicted molar refractivity (Wildman–Crippen MR) is 96.3 cm³/mol. The quantitative estimate of drug-likeness (QED) is 0.791. The van der Waals surface area contributed by atoms with Crippen LogP contribution in [0.1, 0.15) is 30.4 Å². The smallest absolute Gasteiger partial charge is 0.226 e. The molecule has 1 aliphatic rings. The number of aromatic nitrogens is 2. The summed E-state index contributed by atoms with van der Waals surface area (Å²) in [7, 11) is 0. The minimum atomic E-state index is -0.0658. The normalized spacial score (nSPS) is 16.2. The molecule has 0 spiro atoms. The number of carbonyl (C=O) groups excluding carboxylic acids is 1. The van der Waals surface area contributed by atoms with E-state index in [1.165, 1.54) is 0 Å². The number of rotatable bonds is 4. The molecule has 3 aromatic rings. The second kappa shape index (κ2) is 6.43. The van der Waals surface area contributed by atoms with Gasteiger partial charge in [0.25, 0.3) is 0 Å². The Hall–Kier alpha value is -3.08. The highest BCUT2D eigenvalue weighted by molar-refractivity contribution is 5.94. The van der Waals surface area contributed by atoms with Crippen molar-refractivity contribution < 1.29 is 9.53 Å². The number of anilines is 1. The highest BCUT2D eigenvalue weighted by atomic mass is 16.5. The maximum absolute atomic E-state index is 12.4. The van der Waals surface area contributed by atoms with E-state index in [0.717, 1.165) is 28.4 Å². The van der Waals surface area contributed by atoms with Crippen LogP contribution in [0.15, 0.2) is 60.8 Å². The number of nitrogens with one attached hydrogen (secondary N) is 1. The molecule has 0 saturated heterocycles. The van der Waals surface area contributed by atoms with Crippen molar-refractivity contribution in [3.63, 3.8) is 0 Å². The number of benzene rings is 2. The number of fused-ring (bicyclic) bond motifs is 1. The average Bonchev–Trinajstić information content (AvgIpc) is 3.06. The van der Waals surface area contributed by atoms with E-state index >= 15 is 0 Å². The van der Waals surface area contributed by atoms with E-state index in [0.29, 0.717) is 13.0 Å². The first-order chi connectivity index (χ1) is 12.3. The number of carbonyl (C=O) groups is 1. The van der Waals surface area contributed by atoms with Gasteiger partial charge < -0.3 is 10.1 Å². The van der Waals surface area contributed by atoms with Crippen molar-refractivity contribution in [3.05, 3.63) is 71.9 Å². The van der Waals surface area contributed by atoms with E-state index in [1.807, 2.05) is 67.7 Å². The average molecular weight is 333 g/mol. The molecule has 5 heteroatoms. The van der Waals surface area contributed by atoms with E-state index in [-0.39, 0.29) is 11.8 Å². The molecule has 1 N–H and O–H groups in total. The highest BCUT2D eigenvalue weighted by Crippen LogP contribution is 2.41. The number of nitrogens with zero attached hydrogens (tertiary/aromatic N) is 2. The van der Waals surface area contributed by atoms with Crippen molar-refractivity contribution in [1.82, 2.24) is 9.78 Å². The summed E-state index contributed by atoms with van der Waals surface area (Å²) in [5, 5.41) is 7.49. The summed E-state index contributed by atoms with van der Waals surface area (Å²) in [5.41, 5.74) is 2.95. The fourth-order valence-corrected chi connectivity index (χ4v) is 3.32. The van der Waals surface area contributed by atoms with E-state index < -0.39 is 0 Å². The van der Waals surface area contributed by atoms with Gasteiger partial charge in [0.15, 0.2) is 0 Å². The lowest BCUT2D eigenvalue weighted by molar-refractivity contribution is -0.116. The summed E-state index contributed by atoms with van der Waals surface area (Å²) in [4.78, 5) is 12.4. The first kappa shape index (κ1) is 15.4. The van der Waals surface area contributed by atoms with Gasteiger partial charge in [-0.15, -0.1) is 0 Å². The third kappa shape index (κ3) is 2.78. The van der Waals surface area contributed by atoms with Gasteiger partial charge in [0, 0.05) is 23.5 Å². The standard InChI is InChI=1S/C20H19N3O2/c1-2-25-18-11-7-6-10-15(18)16-12-19(24)22-20-17(16)13-21-23(20)14-8-4-3-5-9-14/h3-11,13,16H,2,12H2,1H3,(H,22,24). The summed E-state index contributed by atoms with van der Waals surface area (Å²) in [6, 6.07) is 17.7. The number of amides is 1. The van der Waals surface area contributed by atoms with Crippen molar-refractivity contribution in [1.29, 1.82) is 0 Å². The van der Waals surface area contributed by atoms with Gasteiger partial charge in [0.05, 0.1) is 18.5 Å². The lowest BCUT2D eigenvalue weighted by Gasteiger charge is -2.25. The molecule has 0 aliphatic carbocycles. The van der Waals surface area contributed by atoms with Gasteiger partial charge in [-0.25, -0.2) is 4.68 Å². The fraction of sp³-hybridized carbons (Fsp3) is 0.200. The zero-order valence-corrected chi connectivity index (χ0v) is 14.0. The molecule has 1 amide bonds. The van der Waals surface area contributed by atoms with Crippen molar-refractivity contribution in [3.8, 4) is 11.4 Å². The molecule has 2 heterocycles. The van der Waals surface area contributed by atoms with Gasteiger partial charge in [-0.3, -0.25) is 4.79 Å². The molecule has 0 radical (unpaired) electrons. The summed E-state index contributed by atoms with van der Waals surface area (Å²) < 4.78 is 7.55. The Morgan fingerprint density at radius 1 is 1.12 bits per heavy atom. The molecule has 0 fully saturated rings. The summed E-state index contributed by atoms with van der Waals surface area (Å²) in [6.45, 7) is 2.55. The third-order valence-electron chi connectivity index (χ3n) is 4.42. The maximum atomic E-state index is 12.4. The summed E-state index contributed by atoms with van der Waals surface area (Å²) in [6.07, 6.45) is 2.23. The van der Waals surface area contributed by atoms with E-state index in [1.54, 1.807) is 4.68 Å². The molecule has 2 aromatic carbocycles. The molecule has 1 unspecified atom stereocenters. The van der Waals surface area contributed by atoms with Crippen LogP contribution in [-0.4, -0.2) is 22.3 Å². The third-order valence-corrected chi connectivity index (χ3v) is 4.42. The minimum Gasteiger partial charge on any atom is -0.494 e. The zero-order valence-electron chi connectivity index (χ0n) is 14.0. The topological polar surface area (TPSA) is 56.1 Å². The van der Waals surface area contributed by atoms with Gasteiger partial charge in [-0.05, 0) is 25.1 Å². The van der Waals surface area contributed by atoms with Crippen LogP contribution in [0.25, 0.3) is 5.69 Å². The van der Waals surface area contributed by atoms with Gasteiger partial charge >= 0.3 is 0 Å². The summed E-state index contributed by atoms with van der Waals surface area (Å²) in [5.74, 6) is 1.48. The van der Waals surface area contributed by atoms with Crippen LogP contribution in [0.3, 0.4) is 0 Å². The van der Waals surface area contributed by atoms with Gasteiger partial charge in [0.1, 0.15) is 11.6 Å². The van der Waals surface area contributed by atoms with Gasteiger partial charge in [0.2, 0.25) is 5.91 Å². The van der Waals surface area contributed by atoms with E-state index in [9.17, 15) is 4.79 Å². The first-order valence-electron chi connectivity index (χ1n) is 8.43. The highest BCUT2D eigenvalue weighted by Gasteiger charge is 2.31. The number of ether oxygens (including phenoxy) is 1. The maximum Gasteiger partial charge on any atom is 0.226 e. The van der Waals surface area contributed by atoms with Crippen molar-refractivity contribution >= 4 is 11.7 Å². The molecule has 25 heavy (non-hydrogen) atoms. The van der Waals surface area contributed by atoms with Crippen LogP contribution in [0.4, 0.5) is 5.82 Å². The molecule has 0 bridgehead atoms. The molecule has 5 nitrogen and oxygen atoms in total. The fourth-order valence-electron chi connectivity index (χ4n) is 3.32. The summed E-state index contributed by atoms with van der Waals surface area (Å²) >= 11 is 0. The second-order valence-electron chi connectivity index (χ2n) is 5.97. The molecule has 1 aliphatic heterocycles. The monoisotopic (exact) mass is 333 g/mol. The Balaban J connectivity index is 1.82. The van der Waals surface area contributed by atoms with Crippen LogP contribution in [0.2, 0.25) is 0 Å². The molecule has 1 aromatic heterocycles. The van der Waals surface area contributed by atoms with Gasteiger partial charge in [-0.2, -0.15) is 5.10 Å². The number of hydrogen-bond acceptors (Lipinski definition) is 3. The molecule has 1 atom stereocenters. The Morgan fingerprint density at radius 3 is 2.68 bits per heavy atom. The van der Waals surface area contributed by atoms with Crippen LogP contribution >= 0.6 is 0 Å². The molecule has 126 valence electrons. The van der Waals surface area contributed by atoms with E-state index in [2.05, 4.69) is 10.4 Å².